The molecular formula is C15H21N3O2S. The minimum Gasteiger partial charge on any atom is -0.330 e. The fourth-order valence-electron chi connectivity index (χ4n) is 2.76. The molecule has 114 valence electrons. The van der Waals surface area contributed by atoms with Crippen LogP contribution in [0.1, 0.15) is 30.9 Å². The molecule has 0 aliphatic carbocycles. The molecule has 0 bridgehead atoms. The van der Waals surface area contributed by atoms with Gasteiger partial charge in [-0.1, -0.05) is 18.2 Å². The fourth-order valence-corrected chi connectivity index (χ4v) is 4.66. The highest BCUT2D eigenvalue weighted by atomic mass is 32.2. The molecule has 1 aliphatic heterocycles. The predicted octanol–water partition coefficient (Wildman–Crippen LogP) is 1.45. The average Bonchev–Trinajstić information content (AvgIpc) is 2.47. The lowest BCUT2D eigenvalue weighted by Gasteiger charge is -2.36. The quantitative estimate of drug-likeness (QED) is 0.912. The Hall–Kier alpha value is -1.42. The Balaban J connectivity index is 2.23. The summed E-state index contributed by atoms with van der Waals surface area (Å²) in [5.74, 6) is 0.0976. The molecule has 21 heavy (non-hydrogen) atoms. The molecule has 0 saturated carbocycles. The first kappa shape index (κ1) is 16.0. The van der Waals surface area contributed by atoms with E-state index < -0.39 is 10.0 Å². The summed E-state index contributed by atoms with van der Waals surface area (Å²) in [5.41, 5.74) is 6.66. The molecule has 1 heterocycles. The molecule has 1 aromatic carbocycles. The highest BCUT2D eigenvalue weighted by molar-refractivity contribution is 7.88. The van der Waals surface area contributed by atoms with E-state index in [1.165, 1.54) is 0 Å². The van der Waals surface area contributed by atoms with Crippen molar-refractivity contribution in [1.82, 2.24) is 4.31 Å². The van der Waals surface area contributed by atoms with E-state index in [4.69, 9.17) is 11.0 Å². The summed E-state index contributed by atoms with van der Waals surface area (Å²) in [6.45, 7) is 2.92. The minimum atomic E-state index is -3.43. The zero-order chi connectivity index (χ0) is 15.5. The zero-order valence-electron chi connectivity index (χ0n) is 12.2. The van der Waals surface area contributed by atoms with Crippen LogP contribution in [0.4, 0.5) is 0 Å². The SMILES string of the molecule is CC1CCC(CN)CN1S(=O)(=O)Cc1ccccc1C#N. The maximum absolute atomic E-state index is 12.7. The van der Waals surface area contributed by atoms with Crippen molar-refractivity contribution in [3.8, 4) is 6.07 Å². The second kappa shape index (κ2) is 6.56. The molecule has 0 radical (unpaired) electrons. The Labute approximate surface area is 126 Å². The van der Waals surface area contributed by atoms with Gasteiger partial charge in [-0.15, -0.1) is 0 Å². The van der Waals surface area contributed by atoms with Gasteiger partial charge in [0, 0.05) is 12.6 Å². The maximum atomic E-state index is 12.7. The number of hydrogen-bond donors (Lipinski definition) is 1. The topological polar surface area (TPSA) is 87.2 Å². The van der Waals surface area contributed by atoms with Gasteiger partial charge in [-0.2, -0.15) is 9.57 Å². The third-order valence-electron chi connectivity index (χ3n) is 4.09. The number of sulfonamides is 1. The molecule has 5 nitrogen and oxygen atoms in total. The van der Waals surface area contributed by atoms with Crippen molar-refractivity contribution in [2.24, 2.45) is 11.7 Å². The van der Waals surface area contributed by atoms with E-state index in [1.807, 2.05) is 13.0 Å². The number of piperidine rings is 1. The number of nitrogens with two attached hydrogens (primary N) is 1. The third-order valence-corrected chi connectivity index (χ3v) is 5.99. The summed E-state index contributed by atoms with van der Waals surface area (Å²) in [5, 5.41) is 9.08. The summed E-state index contributed by atoms with van der Waals surface area (Å²) >= 11 is 0. The number of hydrogen-bond acceptors (Lipinski definition) is 4. The Bertz CT molecular complexity index is 637. The van der Waals surface area contributed by atoms with Crippen molar-refractivity contribution >= 4 is 10.0 Å². The van der Waals surface area contributed by atoms with Gasteiger partial charge >= 0.3 is 0 Å². The number of rotatable bonds is 4. The van der Waals surface area contributed by atoms with Crippen LogP contribution in [0.25, 0.3) is 0 Å². The number of nitrogens with zero attached hydrogens (tertiary/aromatic N) is 2. The molecule has 0 aromatic heterocycles. The second-order valence-electron chi connectivity index (χ2n) is 5.62. The number of nitriles is 1. The van der Waals surface area contributed by atoms with Crippen molar-refractivity contribution < 1.29 is 8.42 Å². The van der Waals surface area contributed by atoms with Crippen molar-refractivity contribution in [2.75, 3.05) is 13.1 Å². The highest BCUT2D eigenvalue weighted by Gasteiger charge is 2.33. The van der Waals surface area contributed by atoms with Gasteiger partial charge in [0.25, 0.3) is 0 Å². The Morgan fingerprint density at radius 2 is 2.10 bits per heavy atom. The van der Waals surface area contributed by atoms with Crippen molar-refractivity contribution in [1.29, 1.82) is 5.26 Å². The van der Waals surface area contributed by atoms with Crippen LogP contribution in [0.3, 0.4) is 0 Å². The van der Waals surface area contributed by atoms with Gasteiger partial charge in [0.1, 0.15) is 0 Å². The summed E-state index contributed by atoms with van der Waals surface area (Å²) in [6, 6.07) is 8.88. The summed E-state index contributed by atoms with van der Waals surface area (Å²) in [7, 11) is -3.43. The Kier molecular flexibility index (Phi) is 4.99. The number of benzene rings is 1. The van der Waals surface area contributed by atoms with Gasteiger partial charge in [-0.05, 0) is 43.9 Å². The lowest BCUT2D eigenvalue weighted by atomic mass is 9.96. The molecule has 0 spiro atoms. The van der Waals surface area contributed by atoms with E-state index in [9.17, 15) is 8.42 Å². The van der Waals surface area contributed by atoms with Gasteiger partial charge in [0.15, 0.2) is 0 Å². The van der Waals surface area contributed by atoms with Crippen LogP contribution >= 0.6 is 0 Å². The molecule has 2 atom stereocenters. The molecule has 0 amide bonds. The van der Waals surface area contributed by atoms with Crippen LogP contribution < -0.4 is 5.73 Å². The van der Waals surface area contributed by atoms with Gasteiger partial charge in [0.05, 0.1) is 17.4 Å². The van der Waals surface area contributed by atoms with Gasteiger partial charge < -0.3 is 5.73 Å². The van der Waals surface area contributed by atoms with E-state index in [0.717, 1.165) is 12.8 Å². The standard InChI is InChI=1S/C15H21N3O2S/c1-12-6-7-13(8-16)10-18(12)21(19,20)11-15-5-3-2-4-14(15)9-17/h2-5,12-13H,6-8,10-11,16H2,1H3. The van der Waals surface area contributed by atoms with Crippen molar-refractivity contribution in [3.63, 3.8) is 0 Å². The van der Waals surface area contributed by atoms with Crippen LogP contribution in [0.2, 0.25) is 0 Å². The largest absolute Gasteiger partial charge is 0.330 e. The first-order valence-corrected chi connectivity index (χ1v) is 8.76. The smallest absolute Gasteiger partial charge is 0.218 e. The monoisotopic (exact) mass is 307 g/mol. The van der Waals surface area contributed by atoms with Crippen molar-refractivity contribution in [3.05, 3.63) is 35.4 Å². The minimum absolute atomic E-state index is 0.00736. The molecule has 1 fully saturated rings. The molecule has 6 heteroatoms. The van der Waals surface area contributed by atoms with E-state index >= 15 is 0 Å². The molecule has 2 N–H and O–H groups in total. The zero-order valence-corrected chi connectivity index (χ0v) is 13.0. The predicted molar refractivity (Wildman–Crippen MR) is 81.7 cm³/mol. The summed E-state index contributed by atoms with van der Waals surface area (Å²) in [6.07, 6.45) is 1.81. The van der Waals surface area contributed by atoms with Gasteiger partial charge in [-0.3, -0.25) is 0 Å². The van der Waals surface area contributed by atoms with E-state index in [1.54, 1.807) is 28.6 Å². The summed E-state index contributed by atoms with van der Waals surface area (Å²) < 4.78 is 26.9. The third kappa shape index (κ3) is 3.62. The Morgan fingerprint density at radius 3 is 2.76 bits per heavy atom. The van der Waals surface area contributed by atoms with Crippen LogP contribution in [-0.4, -0.2) is 31.9 Å². The first-order valence-electron chi connectivity index (χ1n) is 7.15. The molecule has 1 aromatic rings. The van der Waals surface area contributed by atoms with Gasteiger partial charge in [-0.25, -0.2) is 8.42 Å². The second-order valence-corrected chi connectivity index (χ2v) is 7.54. The maximum Gasteiger partial charge on any atom is 0.218 e. The first-order chi connectivity index (χ1) is 9.97. The normalized spacial score (nSPS) is 23.7. The molecule has 1 saturated heterocycles. The average molecular weight is 307 g/mol. The lowest BCUT2D eigenvalue weighted by Crippen LogP contribution is -2.47. The fraction of sp³-hybridized carbons (Fsp3) is 0.533. The summed E-state index contributed by atoms with van der Waals surface area (Å²) in [4.78, 5) is 0. The molecule has 2 rings (SSSR count). The van der Waals surface area contributed by atoms with Crippen LogP contribution in [-0.2, 0) is 15.8 Å². The Morgan fingerprint density at radius 1 is 1.38 bits per heavy atom. The van der Waals surface area contributed by atoms with Crippen molar-refractivity contribution in [2.45, 2.75) is 31.6 Å². The van der Waals surface area contributed by atoms with E-state index in [2.05, 4.69) is 0 Å². The van der Waals surface area contributed by atoms with Crippen LogP contribution in [0.5, 0.6) is 0 Å². The van der Waals surface area contributed by atoms with E-state index in [0.29, 0.717) is 24.2 Å². The molecule has 2 unspecified atom stereocenters. The molecular weight excluding hydrogens is 286 g/mol. The lowest BCUT2D eigenvalue weighted by molar-refractivity contribution is 0.211. The van der Waals surface area contributed by atoms with Crippen LogP contribution in [0.15, 0.2) is 24.3 Å². The molecule has 1 aliphatic rings. The van der Waals surface area contributed by atoms with Crippen LogP contribution in [0, 0.1) is 17.2 Å². The van der Waals surface area contributed by atoms with E-state index in [-0.39, 0.29) is 17.7 Å². The van der Waals surface area contributed by atoms with Gasteiger partial charge in [0.2, 0.25) is 10.0 Å². The highest BCUT2D eigenvalue weighted by Crippen LogP contribution is 2.26.